The first-order chi connectivity index (χ1) is 19.9. The standard InChI is InChI=1S/C32H37N3O6/c1-33-30(22-11-12-25(38-2)26(17-22)39-3)29(23-18-27(40-4)28(41-5)19-24(23)31(33)36)32(37)35-15-13-34(14-16-35)20-21-9-7-6-8-10-21/h6-12,17-19,29-30H,13-16,20H2,1-5H3/t29-,30-/m1/s1. The molecule has 0 N–H and O–H groups in total. The van der Waals surface area contributed by atoms with Crippen molar-refractivity contribution in [2.24, 2.45) is 0 Å². The predicted octanol–water partition coefficient (Wildman–Crippen LogP) is 3.98. The summed E-state index contributed by atoms with van der Waals surface area (Å²) in [5.74, 6) is 1.13. The van der Waals surface area contributed by atoms with Crippen LogP contribution in [0.1, 0.15) is 39.0 Å². The van der Waals surface area contributed by atoms with E-state index in [1.807, 2.05) is 35.2 Å². The second kappa shape index (κ2) is 12.1. The molecule has 41 heavy (non-hydrogen) atoms. The third kappa shape index (κ3) is 5.41. The molecule has 5 rings (SSSR count). The Morgan fingerprint density at radius 2 is 1.39 bits per heavy atom. The molecule has 0 unspecified atom stereocenters. The number of rotatable bonds is 8. The Morgan fingerprint density at radius 1 is 0.780 bits per heavy atom. The molecule has 0 bridgehead atoms. The minimum absolute atomic E-state index is 0.0306. The van der Waals surface area contributed by atoms with E-state index < -0.39 is 12.0 Å². The molecule has 9 heteroatoms. The summed E-state index contributed by atoms with van der Waals surface area (Å²) >= 11 is 0. The highest BCUT2D eigenvalue weighted by Gasteiger charge is 2.45. The summed E-state index contributed by atoms with van der Waals surface area (Å²) < 4.78 is 22.1. The SMILES string of the molecule is COc1ccc([C@@H]2[C@H](C(=O)N3CCN(Cc4ccccc4)CC3)c3cc(OC)c(OC)cc3C(=O)N2C)cc1OC. The van der Waals surface area contributed by atoms with Gasteiger partial charge in [0.05, 0.1) is 40.4 Å². The molecule has 2 aliphatic rings. The van der Waals surface area contributed by atoms with Crippen LogP contribution in [0.4, 0.5) is 0 Å². The van der Waals surface area contributed by atoms with Gasteiger partial charge < -0.3 is 28.7 Å². The quantitative estimate of drug-likeness (QED) is 0.413. The Balaban J connectivity index is 1.52. The van der Waals surface area contributed by atoms with Crippen molar-refractivity contribution in [1.82, 2.24) is 14.7 Å². The molecule has 3 aromatic rings. The van der Waals surface area contributed by atoms with Gasteiger partial charge in [0.2, 0.25) is 5.91 Å². The van der Waals surface area contributed by atoms with Crippen molar-refractivity contribution in [2.45, 2.75) is 18.5 Å². The van der Waals surface area contributed by atoms with Crippen molar-refractivity contribution in [2.75, 3.05) is 61.7 Å². The molecular formula is C32H37N3O6. The highest BCUT2D eigenvalue weighted by atomic mass is 16.5. The Labute approximate surface area is 241 Å². The summed E-state index contributed by atoms with van der Waals surface area (Å²) in [4.78, 5) is 34.2. The number of likely N-dealkylation sites (N-methyl/N-ethyl adjacent to an activating group) is 1. The van der Waals surface area contributed by atoms with Crippen LogP contribution in [0, 0.1) is 0 Å². The number of benzene rings is 3. The van der Waals surface area contributed by atoms with E-state index in [1.165, 1.54) is 12.7 Å². The molecule has 0 radical (unpaired) electrons. The maximum atomic E-state index is 14.5. The first kappa shape index (κ1) is 28.3. The number of nitrogens with zero attached hydrogens (tertiary/aromatic N) is 3. The van der Waals surface area contributed by atoms with Crippen LogP contribution >= 0.6 is 0 Å². The molecule has 216 valence electrons. The first-order valence-corrected chi connectivity index (χ1v) is 13.7. The number of amides is 2. The Bertz CT molecular complexity index is 1400. The third-order valence-corrected chi connectivity index (χ3v) is 8.12. The second-order valence-electron chi connectivity index (χ2n) is 10.3. The van der Waals surface area contributed by atoms with Crippen molar-refractivity contribution in [1.29, 1.82) is 0 Å². The number of hydrogen-bond donors (Lipinski definition) is 0. The molecule has 9 nitrogen and oxygen atoms in total. The van der Waals surface area contributed by atoms with Crippen molar-refractivity contribution in [3.8, 4) is 23.0 Å². The topological polar surface area (TPSA) is 80.8 Å². The van der Waals surface area contributed by atoms with Crippen molar-refractivity contribution < 1.29 is 28.5 Å². The van der Waals surface area contributed by atoms with Crippen LogP contribution in [-0.2, 0) is 11.3 Å². The lowest BCUT2D eigenvalue weighted by Gasteiger charge is -2.43. The summed E-state index contributed by atoms with van der Waals surface area (Å²) in [5.41, 5.74) is 3.09. The summed E-state index contributed by atoms with van der Waals surface area (Å²) in [5, 5.41) is 0. The van der Waals surface area contributed by atoms with E-state index >= 15 is 0 Å². The van der Waals surface area contributed by atoms with Crippen LogP contribution in [0.15, 0.2) is 60.7 Å². The number of piperazine rings is 1. The van der Waals surface area contributed by atoms with Gasteiger partial charge in [-0.05, 0) is 41.0 Å². The normalized spacial score (nSPS) is 19.0. The van der Waals surface area contributed by atoms with Crippen LogP contribution in [0.25, 0.3) is 0 Å². The molecule has 2 amide bonds. The Kier molecular flexibility index (Phi) is 8.35. The molecule has 0 aliphatic carbocycles. The molecule has 0 aromatic heterocycles. The number of ether oxygens (including phenoxy) is 4. The average Bonchev–Trinajstić information content (AvgIpc) is 3.02. The summed E-state index contributed by atoms with van der Waals surface area (Å²) in [7, 11) is 7.97. The van der Waals surface area contributed by atoms with Gasteiger partial charge in [-0.15, -0.1) is 0 Å². The van der Waals surface area contributed by atoms with Gasteiger partial charge in [-0.1, -0.05) is 36.4 Å². The summed E-state index contributed by atoms with van der Waals surface area (Å²) in [6.45, 7) is 3.57. The number of methoxy groups -OCH3 is 4. The molecule has 0 spiro atoms. The number of carbonyl (C=O) groups is 2. The van der Waals surface area contributed by atoms with E-state index in [1.54, 1.807) is 51.5 Å². The van der Waals surface area contributed by atoms with Gasteiger partial charge in [-0.25, -0.2) is 0 Å². The third-order valence-electron chi connectivity index (χ3n) is 8.12. The lowest BCUT2D eigenvalue weighted by molar-refractivity contribution is -0.136. The van der Waals surface area contributed by atoms with Gasteiger partial charge in [0.1, 0.15) is 0 Å². The Morgan fingerprint density at radius 3 is 2.02 bits per heavy atom. The van der Waals surface area contributed by atoms with Crippen LogP contribution < -0.4 is 18.9 Å². The van der Waals surface area contributed by atoms with Crippen LogP contribution in [0.3, 0.4) is 0 Å². The van der Waals surface area contributed by atoms with Gasteiger partial charge in [-0.2, -0.15) is 0 Å². The van der Waals surface area contributed by atoms with Gasteiger partial charge in [0.15, 0.2) is 23.0 Å². The maximum Gasteiger partial charge on any atom is 0.254 e. The van der Waals surface area contributed by atoms with Gasteiger partial charge >= 0.3 is 0 Å². The number of carbonyl (C=O) groups excluding carboxylic acids is 2. The fourth-order valence-corrected chi connectivity index (χ4v) is 5.93. The van der Waals surface area contributed by atoms with E-state index in [0.717, 1.165) is 25.2 Å². The second-order valence-corrected chi connectivity index (χ2v) is 10.3. The van der Waals surface area contributed by atoms with Crippen LogP contribution in [-0.4, -0.2) is 88.2 Å². The minimum atomic E-state index is -0.661. The van der Waals surface area contributed by atoms with Gasteiger partial charge in [0, 0.05) is 45.3 Å². The minimum Gasteiger partial charge on any atom is -0.493 e. The van der Waals surface area contributed by atoms with E-state index in [4.69, 9.17) is 18.9 Å². The van der Waals surface area contributed by atoms with E-state index in [9.17, 15) is 9.59 Å². The predicted molar refractivity (Wildman–Crippen MR) is 155 cm³/mol. The number of hydrogen-bond acceptors (Lipinski definition) is 7. The van der Waals surface area contributed by atoms with E-state index in [-0.39, 0.29) is 11.8 Å². The van der Waals surface area contributed by atoms with Gasteiger partial charge in [0.25, 0.3) is 5.91 Å². The molecular weight excluding hydrogens is 522 g/mol. The fourth-order valence-electron chi connectivity index (χ4n) is 5.93. The van der Waals surface area contributed by atoms with Crippen LogP contribution in [0.2, 0.25) is 0 Å². The lowest BCUT2D eigenvalue weighted by atomic mass is 9.78. The van der Waals surface area contributed by atoms with E-state index in [0.29, 0.717) is 47.2 Å². The summed E-state index contributed by atoms with van der Waals surface area (Å²) in [6.07, 6.45) is 0. The Hall–Kier alpha value is -4.24. The average molecular weight is 560 g/mol. The van der Waals surface area contributed by atoms with Crippen molar-refractivity contribution in [3.05, 3.63) is 82.9 Å². The van der Waals surface area contributed by atoms with E-state index in [2.05, 4.69) is 17.0 Å². The molecule has 1 fully saturated rings. The zero-order valence-electron chi connectivity index (χ0n) is 24.3. The van der Waals surface area contributed by atoms with Gasteiger partial charge in [-0.3, -0.25) is 14.5 Å². The molecule has 3 aromatic carbocycles. The highest BCUT2D eigenvalue weighted by molar-refractivity contribution is 6.02. The first-order valence-electron chi connectivity index (χ1n) is 13.7. The molecule has 2 heterocycles. The largest absolute Gasteiger partial charge is 0.493 e. The lowest BCUT2D eigenvalue weighted by Crippen LogP contribution is -2.52. The highest BCUT2D eigenvalue weighted by Crippen LogP contribution is 2.47. The number of fused-ring (bicyclic) bond motifs is 1. The smallest absolute Gasteiger partial charge is 0.254 e. The fraction of sp³-hybridized carbons (Fsp3) is 0.375. The van der Waals surface area contributed by atoms with Crippen molar-refractivity contribution in [3.63, 3.8) is 0 Å². The molecule has 2 aliphatic heterocycles. The zero-order valence-corrected chi connectivity index (χ0v) is 24.3. The summed E-state index contributed by atoms with van der Waals surface area (Å²) in [6, 6.07) is 18.8. The van der Waals surface area contributed by atoms with Crippen LogP contribution in [0.5, 0.6) is 23.0 Å². The zero-order chi connectivity index (χ0) is 29.1. The molecule has 2 atom stereocenters. The molecule has 1 saturated heterocycles. The van der Waals surface area contributed by atoms with Crippen molar-refractivity contribution >= 4 is 11.8 Å². The maximum absolute atomic E-state index is 14.5. The molecule has 0 saturated carbocycles. The monoisotopic (exact) mass is 559 g/mol.